The average Bonchev–Trinajstić information content (AvgIpc) is 2.75. The lowest BCUT2D eigenvalue weighted by Gasteiger charge is -2.47. The smallest absolute Gasteiger partial charge is 0.316 e. The fourth-order valence-corrected chi connectivity index (χ4v) is 4.39. The van der Waals surface area contributed by atoms with Crippen molar-refractivity contribution in [3.63, 3.8) is 0 Å². The monoisotopic (exact) mass is 425 g/mol. The molecule has 8 heteroatoms. The van der Waals surface area contributed by atoms with Crippen LogP contribution in [0.15, 0.2) is 0 Å². The summed E-state index contributed by atoms with van der Waals surface area (Å²) in [6.45, 7) is 6.33. The van der Waals surface area contributed by atoms with E-state index in [1.807, 2.05) is 11.8 Å². The molecule has 0 aromatic heterocycles. The van der Waals surface area contributed by atoms with Crippen LogP contribution in [-0.2, 0) is 23.9 Å². The molecule has 2 rings (SSSR count). The molecule has 1 amide bonds. The molecule has 0 aromatic carbocycles. The van der Waals surface area contributed by atoms with E-state index in [4.69, 9.17) is 9.47 Å². The molecule has 8 nitrogen and oxygen atoms in total. The first kappa shape index (κ1) is 24.8. The van der Waals surface area contributed by atoms with Gasteiger partial charge in [0.1, 0.15) is 18.3 Å². The van der Waals surface area contributed by atoms with Gasteiger partial charge in [-0.3, -0.25) is 19.3 Å². The van der Waals surface area contributed by atoms with E-state index in [9.17, 15) is 14.4 Å². The molecule has 0 aromatic rings. The minimum absolute atomic E-state index is 0.0896. The van der Waals surface area contributed by atoms with E-state index in [0.717, 1.165) is 32.2 Å². The van der Waals surface area contributed by atoms with Gasteiger partial charge in [0.05, 0.1) is 17.7 Å². The van der Waals surface area contributed by atoms with E-state index in [-0.39, 0.29) is 29.4 Å². The number of piperidine rings is 1. The number of nitrogens with zero attached hydrogens (tertiary/aromatic N) is 2. The van der Waals surface area contributed by atoms with E-state index in [1.165, 1.54) is 0 Å². The molecule has 172 valence electrons. The Morgan fingerprint density at radius 1 is 1.20 bits per heavy atom. The zero-order valence-corrected chi connectivity index (χ0v) is 19.3. The third-order valence-corrected chi connectivity index (χ3v) is 7.10. The van der Waals surface area contributed by atoms with Crippen LogP contribution >= 0.6 is 0 Å². The molecule has 2 saturated heterocycles. The number of likely N-dealkylation sites (tertiary alicyclic amines) is 1. The molecule has 2 atom stereocenters. The minimum atomic E-state index is -0.772. The maximum atomic E-state index is 12.6. The van der Waals surface area contributed by atoms with Gasteiger partial charge in [-0.2, -0.15) is 0 Å². The van der Waals surface area contributed by atoms with Crippen molar-refractivity contribution in [1.29, 1.82) is 0 Å². The molecule has 30 heavy (non-hydrogen) atoms. The van der Waals surface area contributed by atoms with Gasteiger partial charge >= 0.3 is 5.97 Å². The second-order valence-electron chi connectivity index (χ2n) is 9.11. The quantitative estimate of drug-likeness (QED) is 0.537. The number of amides is 1. The van der Waals surface area contributed by atoms with Crippen molar-refractivity contribution in [2.45, 2.75) is 63.5 Å². The van der Waals surface area contributed by atoms with Gasteiger partial charge in [0.15, 0.2) is 0 Å². The number of ketones is 1. The van der Waals surface area contributed by atoms with Crippen LogP contribution < -0.4 is 5.32 Å². The van der Waals surface area contributed by atoms with Gasteiger partial charge in [-0.15, -0.1) is 0 Å². The number of Topliss-reactive ketones (excluding diaryl/α,β-unsaturated/α-hetero) is 1. The lowest BCUT2D eigenvalue weighted by Crippen LogP contribution is -2.58. The second kappa shape index (κ2) is 10.7. The first-order chi connectivity index (χ1) is 14.2. The predicted octanol–water partition coefficient (Wildman–Crippen LogP) is 1.23. The molecule has 2 aliphatic heterocycles. The number of hydrogen-bond donors (Lipinski definition) is 1. The number of likely N-dealkylation sites (N-methyl/N-ethyl adjacent to an activating group) is 2. The van der Waals surface area contributed by atoms with Crippen molar-refractivity contribution in [3.05, 3.63) is 0 Å². The van der Waals surface area contributed by atoms with Gasteiger partial charge in [0, 0.05) is 26.6 Å². The Morgan fingerprint density at radius 3 is 2.47 bits per heavy atom. The molecule has 0 bridgehead atoms. The number of cyclic esters (lactones) is 1. The van der Waals surface area contributed by atoms with Crippen LogP contribution in [0.1, 0.15) is 52.4 Å². The van der Waals surface area contributed by atoms with Crippen molar-refractivity contribution >= 4 is 17.7 Å². The van der Waals surface area contributed by atoms with Crippen LogP contribution in [0.2, 0.25) is 0 Å². The highest BCUT2D eigenvalue weighted by molar-refractivity contribution is 5.98. The Labute approximate surface area is 180 Å². The number of methoxy groups -OCH3 is 1. The van der Waals surface area contributed by atoms with E-state index in [1.54, 1.807) is 21.1 Å². The lowest BCUT2D eigenvalue weighted by atomic mass is 9.86. The molecule has 0 aliphatic carbocycles. The second-order valence-corrected chi connectivity index (χ2v) is 9.11. The molecule has 2 aliphatic rings. The summed E-state index contributed by atoms with van der Waals surface area (Å²) in [6.07, 6.45) is 4.13. The number of hydrogen-bond acceptors (Lipinski definition) is 7. The van der Waals surface area contributed by atoms with E-state index in [2.05, 4.69) is 17.3 Å². The van der Waals surface area contributed by atoms with Gasteiger partial charge in [0.2, 0.25) is 5.91 Å². The molecular formula is C22H39N3O5. The van der Waals surface area contributed by atoms with E-state index in [0.29, 0.717) is 32.5 Å². The third kappa shape index (κ3) is 6.02. The summed E-state index contributed by atoms with van der Waals surface area (Å²) in [5.74, 6) is -1.24. The first-order valence-electron chi connectivity index (χ1n) is 11.0. The van der Waals surface area contributed by atoms with Crippen LogP contribution in [0, 0.1) is 5.92 Å². The number of rotatable bonds is 3. The normalized spacial score (nSPS) is 29.6. The molecular weight excluding hydrogens is 386 g/mol. The summed E-state index contributed by atoms with van der Waals surface area (Å²) in [5.41, 5.74) is -0.712. The molecule has 2 fully saturated rings. The summed E-state index contributed by atoms with van der Waals surface area (Å²) < 4.78 is 11.4. The highest BCUT2D eigenvalue weighted by Crippen LogP contribution is 2.31. The lowest BCUT2D eigenvalue weighted by molar-refractivity contribution is -0.157. The summed E-state index contributed by atoms with van der Waals surface area (Å²) in [5, 5.41) is 2.91. The standard InChI is InChI=1S/C22H39N3O5/c1-17-18(26)7-9-21(2,29-5)8-6-12-24(4)22(16-30-20(17)28)10-13-25(14-11-22)19(27)15-23-3/h17,23H,6-16H2,1-5H3/t17?,21-/m1/s1. The van der Waals surface area contributed by atoms with Crippen molar-refractivity contribution < 1.29 is 23.9 Å². The number of esters is 1. The van der Waals surface area contributed by atoms with Crippen LogP contribution in [0.25, 0.3) is 0 Å². The Bertz CT molecular complexity index is 618. The molecule has 1 unspecified atom stereocenters. The zero-order chi connectivity index (χ0) is 22.4. The highest BCUT2D eigenvalue weighted by Gasteiger charge is 2.41. The maximum absolute atomic E-state index is 12.6. The van der Waals surface area contributed by atoms with Crippen LogP contribution in [0.4, 0.5) is 0 Å². The molecule has 1 N–H and O–H groups in total. The SMILES string of the molecule is CNCC(=O)N1CCC2(CC1)COC(=O)C(C)C(=O)CC[C@](C)(OC)CCCN2C. The minimum Gasteiger partial charge on any atom is -0.463 e. The fourth-order valence-electron chi connectivity index (χ4n) is 4.39. The fraction of sp³-hybridized carbons (Fsp3) is 0.864. The van der Waals surface area contributed by atoms with E-state index >= 15 is 0 Å². The van der Waals surface area contributed by atoms with Crippen LogP contribution in [-0.4, -0.2) is 92.6 Å². The summed E-state index contributed by atoms with van der Waals surface area (Å²) in [7, 11) is 5.52. The summed E-state index contributed by atoms with van der Waals surface area (Å²) >= 11 is 0. The van der Waals surface area contributed by atoms with Crippen molar-refractivity contribution in [1.82, 2.24) is 15.1 Å². The van der Waals surface area contributed by atoms with Gasteiger partial charge in [-0.25, -0.2) is 0 Å². The van der Waals surface area contributed by atoms with E-state index < -0.39 is 11.9 Å². The van der Waals surface area contributed by atoms with Crippen LogP contribution in [0.3, 0.4) is 0 Å². The van der Waals surface area contributed by atoms with Crippen molar-refractivity contribution in [2.24, 2.45) is 5.92 Å². The first-order valence-corrected chi connectivity index (χ1v) is 11.0. The maximum Gasteiger partial charge on any atom is 0.316 e. The number of carbonyl (C=O) groups is 3. The van der Waals surface area contributed by atoms with Crippen molar-refractivity contribution in [3.8, 4) is 0 Å². The zero-order valence-electron chi connectivity index (χ0n) is 19.3. The van der Waals surface area contributed by atoms with Gasteiger partial charge in [0.25, 0.3) is 0 Å². The third-order valence-electron chi connectivity index (χ3n) is 7.10. The Balaban J connectivity index is 2.17. The molecule has 1 spiro atoms. The number of nitrogens with one attached hydrogen (secondary N) is 1. The van der Waals surface area contributed by atoms with Crippen molar-refractivity contribution in [2.75, 3.05) is 54.0 Å². The highest BCUT2D eigenvalue weighted by atomic mass is 16.5. The van der Waals surface area contributed by atoms with Gasteiger partial charge < -0.3 is 19.7 Å². The predicted molar refractivity (Wildman–Crippen MR) is 114 cm³/mol. The van der Waals surface area contributed by atoms with Gasteiger partial charge in [-0.05, 0) is 66.6 Å². The number of carbonyl (C=O) groups excluding carboxylic acids is 3. The Morgan fingerprint density at radius 2 is 1.87 bits per heavy atom. The average molecular weight is 426 g/mol. The Hall–Kier alpha value is -1.51. The molecule has 0 saturated carbocycles. The topological polar surface area (TPSA) is 88.2 Å². The molecule has 0 radical (unpaired) electrons. The van der Waals surface area contributed by atoms with Crippen LogP contribution in [0.5, 0.6) is 0 Å². The molecule has 2 heterocycles. The van der Waals surface area contributed by atoms with Gasteiger partial charge in [-0.1, -0.05) is 0 Å². The summed E-state index contributed by atoms with van der Waals surface area (Å²) in [4.78, 5) is 41.5. The largest absolute Gasteiger partial charge is 0.463 e. The Kier molecular flexibility index (Phi) is 8.82. The number of ether oxygens (including phenoxy) is 2. The summed E-state index contributed by atoms with van der Waals surface area (Å²) in [6, 6.07) is 0.